The van der Waals surface area contributed by atoms with Crippen molar-refractivity contribution < 1.29 is 14.7 Å². The summed E-state index contributed by atoms with van der Waals surface area (Å²) in [5.41, 5.74) is 1.51. The van der Waals surface area contributed by atoms with Crippen molar-refractivity contribution in [2.75, 3.05) is 0 Å². The van der Waals surface area contributed by atoms with Crippen LogP contribution in [0.15, 0.2) is 31.3 Å². The number of benzene rings is 1. The van der Waals surface area contributed by atoms with Crippen molar-refractivity contribution in [2.24, 2.45) is 5.73 Å². The molecule has 0 aliphatic rings. The van der Waals surface area contributed by atoms with Crippen LogP contribution >= 0.6 is 0 Å². The number of carbonyl (C=O) groups is 1. The van der Waals surface area contributed by atoms with Crippen molar-refractivity contribution in [2.45, 2.75) is 13.3 Å². The monoisotopic (exact) mass is 348 g/mol. The topological polar surface area (TPSA) is 174 Å². The summed E-state index contributed by atoms with van der Waals surface area (Å²) < 4.78 is 1.07. The Morgan fingerprint density at radius 1 is 0.960 bits per heavy atom. The Labute approximate surface area is 135 Å². The zero-order valence-electron chi connectivity index (χ0n) is 12.3. The van der Waals surface area contributed by atoms with E-state index >= 15 is 0 Å². The van der Waals surface area contributed by atoms with E-state index < -0.39 is 46.5 Å². The molecule has 0 fully saturated rings. The molecule has 128 valence electrons. The summed E-state index contributed by atoms with van der Waals surface area (Å²) in [6, 6.07) is 2.08. The van der Waals surface area contributed by atoms with Crippen LogP contribution in [0.3, 0.4) is 0 Å². The van der Waals surface area contributed by atoms with Gasteiger partial charge in [-0.05, 0) is 12.1 Å². The fraction of sp³-hybridized carbons (Fsp3) is 0.154. The molecule has 2 N–H and O–H groups in total. The number of hydrogen-bond donors (Lipinski definition) is 1. The van der Waals surface area contributed by atoms with Crippen LogP contribution in [0.2, 0.25) is 0 Å². The molecule has 2 heterocycles. The fourth-order valence-electron chi connectivity index (χ4n) is 2.60. The number of fused-ring (bicyclic) bond motifs is 2. The number of nitrogens with two attached hydrogens (primary N) is 1. The van der Waals surface area contributed by atoms with Crippen molar-refractivity contribution in [3.05, 3.63) is 63.7 Å². The molecule has 1 amide bonds. The molecule has 0 aliphatic carbocycles. The highest BCUT2D eigenvalue weighted by molar-refractivity contribution is 5.98. The van der Waals surface area contributed by atoms with Gasteiger partial charge in [0.15, 0.2) is 6.73 Å². The highest BCUT2D eigenvalue weighted by atomic mass is 17.0. The lowest BCUT2D eigenvalue weighted by molar-refractivity contribution is -0.767. The molecule has 0 bridgehead atoms. The maximum absolute atomic E-state index is 12.2. The number of rotatable bonds is 5. The van der Waals surface area contributed by atoms with Crippen molar-refractivity contribution in [3.8, 4) is 0 Å². The predicted octanol–water partition coefficient (Wildman–Crippen LogP) is -2.44. The molecule has 0 unspecified atom stereocenters. The van der Waals surface area contributed by atoms with E-state index in [-0.39, 0.29) is 21.5 Å². The summed E-state index contributed by atoms with van der Waals surface area (Å²) in [5, 5.41) is 8.33. The lowest BCUT2D eigenvalue weighted by atomic mass is 10.1. The summed E-state index contributed by atoms with van der Waals surface area (Å²) in [6.07, 6.45) is 0. The first kappa shape index (κ1) is 16.0. The Hall–Kier alpha value is -3.83. The Bertz CT molecular complexity index is 1180. The molecule has 2 aromatic heterocycles. The third-order valence-electron chi connectivity index (χ3n) is 3.67. The average Bonchev–Trinajstić information content (AvgIpc) is 2.91. The van der Waals surface area contributed by atoms with Gasteiger partial charge in [-0.3, -0.25) is 33.4 Å². The average molecular weight is 348 g/mol. The van der Waals surface area contributed by atoms with Crippen LogP contribution in [0.25, 0.3) is 21.5 Å². The van der Waals surface area contributed by atoms with Gasteiger partial charge in [0.2, 0.25) is 5.91 Å². The summed E-state index contributed by atoms with van der Waals surface area (Å²) in [7, 11) is 0. The van der Waals surface area contributed by atoms with Gasteiger partial charge in [0.05, 0.1) is 21.5 Å². The van der Waals surface area contributed by atoms with Gasteiger partial charge in [-0.2, -0.15) is 0 Å². The smallest absolute Gasteiger partial charge is 0.296 e. The maximum Gasteiger partial charge on any atom is 0.296 e. The van der Waals surface area contributed by atoms with E-state index in [1.54, 1.807) is 0 Å². The molecule has 0 radical (unpaired) electrons. The molecule has 25 heavy (non-hydrogen) atoms. The molecule has 3 aromatic rings. The molecule has 0 saturated heterocycles. The molecule has 0 saturated carbocycles. The summed E-state index contributed by atoms with van der Waals surface area (Å²) in [4.78, 5) is 74.0. The van der Waals surface area contributed by atoms with E-state index in [2.05, 4.69) is 4.84 Å². The second-order valence-corrected chi connectivity index (χ2v) is 5.13. The summed E-state index contributed by atoms with van der Waals surface area (Å²) in [5.74, 6) is -0.905. The molecular weight excluding hydrogens is 340 g/mol. The maximum atomic E-state index is 12.2. The Balaban J connectivity index is 2.32. The number of nitrogens with zero attached hydrogens (tertiary/aromatic N) is 3. The van der Waals surface area contributed by atoms with Gasteiger partial charge >= 0.3 is 0 Å². The number of hydrogen-bond acceptors (Lipinski definition) is 8. The van der Waals surface area contributed by atoms with Crippen molar-refractivity contribution in [1.82, 2.24) is 9.13 Å². The molecule has 1 aromatic carbocycles. The van der Waals surface area contributed by atoms with E-state index in [1.807, 2.05) is 0 Å². The Morgan fingerprint density at radius 3 is 1.72 bits per heavy atom. The van der Waals surface area contributed by atoms with Crippen LogP contribution in [0, 0.1) is 10.1 Å². The largest absolute Gasteiger partial charge is 0.368 e. The zero-order chi connectivity index (χ0) is 18.5. The summed E-state index contributed by atoms with van der Waals surface area (Å²) in [6.45, 7) is -1.55. The standard InChI is InChI=1S/C13H8N4O8/c14-9(18)3-15-10(19)5-1-7-8(2-6(5)11(15)20)13(22)16(12(7)21)4-25-17(23)24/h1-2H,3-4H2,(H2,14,18). The lowest BCUT2D eigenvalue weighted by Crippen LogP contribution is -2.32. The second kappa shape index (κ2) is 5.36. The first-order valence-corrected chi connectivity index (χ1v) is 6.68. The van der Waals surface area contributed by atoms with Gasteiger partial charge in [0.1, 0.15) is 6.54 Å². The van der Waals surface area contributed by atoms with Crippen LogP contribution in [0.5, 0.6) is 0 Å². The van der Waals surface area contributed by atoms with Crippen molar-refractivity contribution in [1.29, 1.82) is 0 Å². The molecule has 0 spiro atoms. The number of carbonyl (C=O) groups excluding carboxylic acids is 1. The number of primary amides is 1. The van der Waals surface area contributed by atoms with Crippen LogP contribution < -0.4 is 28.0 Å². The van der Waals surface area contributed by atoms with Gasteiger partial charge < -0.3 is 5.73 Å². The van der Waals surface area contributed by atoms with E-state index in [0.29, 0.717) is 9.13 Å². The highest BCUT2D eigenvalue weighted by Gasteiger charge is 2.20. The van der Waals surface area contributed by atoms with Crippen molar-refractivity contribution >= 4 is 27.5 Å². The first-order valence-electron chi connectivity index (χ1n) is 6.68. The highest BCUT2D eigenvalue weighted by Crippen LogP contribution is 2.14. The lowest BCUT2D eigenvalue weighted by Gasteiger charge is -1.96. The number of aromatic nitrogens is 2. The minimum atomic E-state index is -1.17. The van der Waals surface area contributed by atoms with Crippen molar-refractivity contribution in [3.63, 3.8) is 0 Å². The van der Waals surface area contributed by atoms with Gasteiger partial charge in [0.25, 0.3) is 27.3 Å². The molecule has 0 aliphatic heterocycles. The van der Waals surface area contributed by atoms with Gasteiger partial charge in [-0.15, -0.1) is 10.1 Å². The predicted molar refractivity (Wildman–Crippen MR) is 82.2 cm³/mol. The van der Waals surface area contributed by atoms with Crippen LogP contribution in [-0.4, -0.2) is 20.1 Å². The zero-order valence-corrected chi connectivity index (χ0v) is 12.3. The minimum absolute atomic E-state index is 0.164. The SMILES string of the molecule is NC(=O)Cn1c(=O)c2cc3c(=O)n(CO[N+](=O)[O-])c(=O)c3cc2c1=O. The van der Waals surface area contributed by atoms with Gasteiger partial charge in [0, 0.05) is 0 Å². The van der Waals surface area contributed by atoms with E-state index in [9.17, 15) is 34.1 Å². The van der Waals surface area contributed by atoms with E-state index in [4.69, 9.17) is 5.73 Å². The molecule has 12 nitrogen and oxygen atoms in total. The van der Waals surface area contributed by atoms with Crippen LogP contribution in [0.4, 0.5) is 0 Å². The minimum Gasteiger partial charge on any atom is -0.368 e. The normalized spacial score (nSPS) is 11.2. The van der Waals surface area contributed by atoms with E-state index in [0.717, 1.165) is 12.1 Å². The van der Waals surface area contributed by atoms with Gasteiger partial charge in [-0.25, -0.2) is 4.57 Å². The first-order chi connectivity index (χ1) is 11.7. The van der Waals surface area contributed by atoms with Gasteiger partial charge in [-0.1, -0.05) is 0 Å². The molecule has 0 atom stereocenters. The second-order valence-electron chi connectivity index (χ2n) is 5.13. The Kier molecular flexibility index (Phi) is 3.44. The number of amides is 1. The molecule has 3 rings (SSSR count). The molecule has 12 heteroatoms. The Morgan fingerprint density at radius 2 is 1.36 bits per heavy atom. The molecular formula is C13H8N4O8. The quantitative estimate of drug-likeness (QED) is 0.391. The van der Waals surface area contributed by atoms with E-state index in [1.165, 1.54) is 0 Å². The summed E-state index contributed by atoms with van der Waals surface area (Å²) >= 11 is 0. The van der Waals surface area contributed by atoms with Crippen LogP contribution in [-0.2, 0) is 22.9 Å². The fourth-order valence-corrected chi connectivity index (χ4v) is 2.60. The third-order valence-corrected chi connectivity index (χ3v) is 3.67. The third kappa shape index (κ3) is 2.36. The van der Waals surface area contributed by atoms with Crippen LogP contribution in [0.1, 0.15) is 0 Å².